The van der Waals surface area contributed by atoms with Crippen molar-refractivity contribution in [2.45, 2.75) is 6.92 Å². The lowest BCUT2D eigenvalue weighted by Crippen LogP contribution is -2.22. The summed E-state index contributed by atoms with van der Waals surface area (Å²) in [6.07, 6.45) is 1.55. The van der Waals surface area contributed by atoms with Gasteiger partial charge in [-0.2, -0.15) is 0 Å². The third-order valence-electron chi connectivity index (χ3n) is 2.63. The van der Waals surface area contributed by atoms with Crippen LogP contribution in [0, 0.1) is 6.92 Å². The van der Waals surface area contributed by atoms with Crippen LogP contribution in [0.1, 0.15) is 5.56 Å². The maximum atomic E-state index is 11.9. The molecule has 1 N–H and O–H groups in total. The van der Waals surface area contributed by atoms with Gasteiger partial charge in [0, 0.05) is 6.20 Å². The molecule has 0 spiro atoms. The molecule has 0 fully saturated rings. The Morgan fingerprint density at radius 3 is 2.60 bits per heavy atom. The fourth-order valence-electron chi connectivity index (χ4n) is 1.58. The molecule has 0 saturated carbocycles. The highest BCUT2D eigenvalue weighted by molar-refractivity contribution is 7.92. The Kier molecular flexibility index (Phi) is 4.57. The first kappa shape index (κ1) is 14.3. The summed E-state index contributed by atoms with van der Waals surface area (Å²) in [6, 6.07) is 12.6. The highest BCUT2D eigenvalue weighted by Crippen LogP contribution is 2.12. The highest BCUT2D eigenvalue weighted by atomic mass is 32.2. The Morgan fingerprint density at radius 1 is 1.15 bits per heavy atom. The molecular formula is C14H16N2O3S. The molecule has 0 atom stereocenters. The number of ether oxygens (including phenoxy) is 1. The average molecular weight is 292 g/mol. The molecular weight excluding hydrogens is 276 g/mol. The zero-order valence-corrected chi connectivity index (χ0v) is 11.9. The molecule has 5 nitrogen and oxygen atoms in total. The summed E-state index contributed by atoms with van der Waals surface area (Å²) < 4.78 is 31.6. The van der Waals surface area contributed by atoms with Crippen LogP contribution in [0.15, 0.2) is 48.7 Å². The van der Waals surface area contributed by atoms with E-state index in [1.54, 1.807) is 37.4 Å². The molecule has 0 aliphatic carbocycles. The van der Waals surface area contributed by atoms with Gasteiger partial charge in [0.25, 0.3) is 0 Å². The second-order valence-electron chi connectivity index (χ2n) is 4.25. The number of nitrogens with zero attached hydrogens (tertiary/aromatic N) is 1. The number of sulfonamides is 1. The van der Waals surface area contributed by atoms with Gasteiger partial charge in [-0.1, -0.05) is 24.3 Å². The van der Waals surface area contributed by atoms with E-state index in [2.05, 4.69) is 9.71 Å². The van der Waals surface area contributed by atoms with E-state index >= 15 is 0 Å². The summed E-state index contributed by atoms with van der Waals surface area (Å²) in [6.45, 7) is 1.89. The smallest absolute Gasteiger partial charge is 0.237 e. The summed E-state index contributed by atoms with van der Waals surface area (Å²) in [5, 5.41) is 0. The van der Waals surface area contributed by atoms with Crippen LogP contribution in [-0.4, -0.2) is 25.8 Å². The first-order valence-corrected chi connectivity index (χ1v) is 7.82. The van der Waals surface area contributed by atoms with Gasteiger partial charge >= 0.3 is 0 Å². The minimum absolute atomic E-state index is 0.0885. The number of aryl methyl sites for hydroxylation is 1. The van der Waals surface area contributed by atoms with Gasteiger partial charge in [-0.05, 0) is 30.7 Å². The lowest BCUT2D eigenvalue weighted by atomic mass is 10.3. The number of aromatic nitrogens is 1. The Balaban J connectivity index is 1.90. The summed E-state index contributed by atoms with van der Waals surface area (Å²) in [5.41, 5.74) is 0.778. The first-order chi connectivity index (χ1) is 9.57. The second-order valence-corrected chi connectivity index (χ2v) is 6.09. The van der Waals surface area contributed by atoms with Gasteiger partial charge in [-0.25, -0.2) is 13.4 Å². The number of rotatable bonds is 6. The van der Waals surface area contributed by atoms with E-state index in [4.69, 9.17) is 4.74 Å². The van der Waals surface area contributed by atoms with Gasteiger partial charge in [-0.15, -0.1) is 0 Å². The summed E-state index contributed by atoms with van der Waals surface area (Å²) >= 11 is 0. The van der Waals surface area contributed by atoms with E-state index in [-0.39, 0.29) is 12.4 Å². The molecule has 0 bridgehead atoms. The largest absolute Gasteiger partial charge is 0.492 e. The number of para-hydroxylation sites is 1. The minimum atomic E-state index is -3.46. The van der Waals surface area contributed by atoms with Crippen LogP contribution in [0.3, 0.4) is 0 Å². The Hall–Kier alpha value is -2.08. The van der Waals surface area contributed by atoms with Gasteiger partial charge in [-0.3, -0.25) is 4.72 Å². The minimum Gasteiger partial charge on any atom is -0.492 e. The van der Waals surface area contributed by atoms with Crippen LogP contribution >= 0.6 is 0 Å². The van der Waals surface area contributed by atoms with Gasteiger partial charge in [0.1, 0.15) is 23.9 Å². The molecule has 1 aromatic carbocycles. The normalized spacial score (nSPS) is 11.1. The number of benzene rings is 1. The Morgan fingerprint density at radius 2 is 1.90 bits per heavy atom. The number of anilines is 1. The quantitative estimate of drug-likeness (QED) is 0.886. The predicted octanol–water partition coefficient (Wildman–Crippen LogP) is 2.21. The molecule has 20 heavy (non-hydrogen) atoms. The lowest BCUT2D eigenvalue weighted by Gasteiger charge is -2.10. The van der Waals surface area contributed by atoms with Crippen LogP contribution < -0.4 is 9.46 Å². The molecule has 1 aromatic heterocycles. The molecule has 1 heterocycles. The predicted molar refractivity (Wildman–Crippen MR) is 78.3 cm³/mol. The summed E-state index contributed by atoms with van der Waals surface area (Å²) in [5.74, 6) is 0.877. The van der Waals surface area contributed by atoms with E-state index in [0.717, 1.165) is 5.56 Å². The molecule has 0 aliphatic heterocycles. The van der Waals surface area contributed by atoms with Crippen molar-refractivity contribution in [2.75, 3.05) is 17.1 Å². The number of nitrogens with one attached hydrogen (secondary N) is 1. The van der Waals surface area contributed by atoms with Gasteiger partial charge in [0.15, 0.2) is 0 Å². The topological polar surface area (TPSA) is 68.3 Å². The van der Waals surface area contributed by atoms with E-state index in [1.165, 1.54) is 0 Å². The number of hydrogen-bond acceptors (Lipinski definition) is 4. The lowest BCUT2D eigenvalue weighted by molar-refractivity contribution is 0.341. The third-order valence-corrected chi connectivity index (χ3v) is 3.83. The maximum absolute atomic E-state index is 11.9. The van der Waals surface area contributed by atoms with Crippen molar-refractivity contribution < 1.29 is 13.2 Å². The van der Waals surface area contributed by atoms with Crippen molar-refractivity contribution in [2.24, 2.45) is 0 Å². The van der Waals surface area contributed by atoms with Gasteiger partial charge in [0.05, 0.1) is 0 Å². The maximum Gasteiger partial charge on any atom is 0.237 e. The van der Waals surface area contributed by atoms with Gasteiger partial charge < -0.3 is 4.74 Å². The van der Waals surface area contributed by atoms with Crippen molar-refractivity contribution in [1.29, 1.82) is 0 Å². The number of pyridine rings is 1. The van der Waals surface area contributed by atoms with Crippen molar-refractivity contribution >= 4 is 15.8 Å². The first-order valence-electron chi connectivity index (χ1n) is 6.17. The summed E-state index contributed by atoms with van der Waals surface area (Å²) in [7, 11) is -3.46. The van der Waals surface area contributed by atoms with Crippen LogP contribution in [0.4, 0.5) is 5.82 Å². The third kappa shape index (κ3) is 4.24. The van der Waals surface area contributed by atoms with Crippen LogP contribution in [0.5, 0.6) is 5.75 Å². The molecule has 106 valence electrons. The van der Waals surface area contributed by atoms with Crippen molar-refractivity contribution in [3.05, 3.63) is 54.2 Å². The molecule has 0 amide bonds. The van der Waals surface area contributed by atoms with Crippen LogP contribution in [-0.2, 0) is 10.0 Å². The second kappa shape index (κ2) is 6.38. The summed E-state index contributed by atoms with van der Waals surface area (Å²) in [4.78, 5) is 4.00. The van der Waals surface area contributed by atoms with E-state index < -0.39 is 10.0 Å². The Labute approximate surface area is 118 Å². The van der Waals surface area contributed by atoms with Crippen LogP contribution in [0.2, 0.25) is 0 Å². The molecule has 2 rings (SSSR count). The highest BCUT2D eigenvalue weighted by Gasteiger charge is 2.12. The molecule has 0 saturated heterocycles. The molecule has 0 aliphatic rings. The fourth-order valence-corrected chi connectivity index (χ4v) is 2.49. The standard InChI is InChI=1S/C14H16N2O3S/c1-12-6-5-9-15-14(12)16-20(17,18)11-10-19-13-7-3-2-4-8-13/h2-9H,10-11H2,1H3,(H,15,16). The van der Waals surface area contributed by atoms with Crippen molar-refractivity contribution in [3.8, 4) is 5.75 Å². The zero-order valence-electron chi connectivity index (χ0n) is 11.1. The zero-order chi connectivity index (χ0) is 14.4. The van der Waals surface area contributed by atoms with E-state index in [9.17, 15) is 8.42 Å². The fraction of sp³-hybridized carbons (Fsp3) is 0.214. The average Bonchev–Trinajstić information content (AvgIpc) is 2.42. The van der Waals surface area contributed by atoms with Gasteiger partial charge in [0.2, 0.25) is 10.0 Å². The molecule has 2 aromatic rings. The molecule has 6 heteroatoms. The molecule has 0 unspecified atom stereocenters. The SMILES string of the molecule is Cc1cccnc1NS(=O)(=O)CCOc1ccccc1. The Bertz CT molecular complexity index is 657. The van der Waals surface area contributed by atoms with E-state index in [0.29, 0.717) is 11.6 Å². The monoisotopic (exact) mass is 292 g/mol. The van der Waals surface area contributed by atoms with E-state index in [1.807, 2.05) is 18.2 Å². The van der Waals surface area contributed by atoms with Crippen LogP contribution in [0.25, 0.3) is 0 Å². The number of hydrogen-bond donors (Lipinski definition) is 1. The molecule has 0 radical (unpaired) electrons. The van der Waals surface area contributed by atoms with Crippen molar-refractivity contribution in [1.82, 2.24) is 4.98 Å². The van der Waals surface area contributed by atoms with Crippen molar-refractivity contribution in [3.63, 3.8) is 0 Å².